The second-order valence-electron chi connectivity index (χ2n) is 4.71. The lowest BCUT2D eigenvalue weighted by Gasteiger charge is -2.44. The fourth-order valence-corrected chi connectivity index (χ4v) is 3.42. The molecule has 0 N–H and O–H groups in total. The molecule has 2 heteroatoms. The summed E-state index contributed by atoms with van der Waals surface area (Å²) in [5.41, 5.74) is 0.169. The predicted octanol–water partition coefficient (Wildman–Crippen LogP) is 3.50. The van der Waals surface area contributed by atoms with Gasteiger partial charge in [0.2, 0.25) is 0 Å². The maximum Gasteiger partial charge on any atom is 0.0700 e. The third kappa shape index (κ3) is 2.19. The average Bonchev–Trinajstić information content (AvgIpc) is 2.02. The summed E-state index contributed by atoms with van der Waals surface area (Å²) in [5, 5.41) is 0.349. The Hall–Kier alpha value is 0.250. The van der Waals surface area contributed by atoms with E-state index in [9.17, 15) is 0 Å². The second-order valence-corrected chi connectivity index (χ2v) is 5.33. The van der Waals surface area contributed by atoms with Gasteiger partial charge in [0.25, 0.3) is 0 Å². The Labute approximate surface area is 85.8 Å². The van der Waals surface area contributed by atoms with Crippen LogP contribution in [0.1, 0.15) is 51.9 Å². The van der Waals surface area contributed by atoms with Gasteiger partial charge in [-0.15, -0.1) is 11.6 Å². The van der Waals surface area contributed by atoms with Crippen LogP contribution in [0.2, 0.25) is 0 Å². The standard InChI is InChI=1S/C11H19ClO/c1-9-7-10(12)8-11(13-9)5-3-2-4-6-11/h9-10H,2-8H2,1H3/t9-,10+/m1/s1. The van der Waals surface area contributed by atoms with Crippen molar-refractivity contribution in [3.8, 4) is 0 Å². The summed E-state index contributed by atoms with van der Waals surface area (Å²) in [5.74, 6) is 0. The molecule has 0 amide bonds. The molecular formula is C11H19ClO. The zero-order valence-electron chi connectivity index (χ0n) is 8.39. The molecule has 0 bridgehead atoms. The summed E-state index contributed by atoms with van der Waals surface area (Å²) >= 11 is 6.25. The molecule has 1 aliphatic heterocycles. The summed E-state index contributed by atoms with van der Waals surface area (Å²) < 4.78 is 6.10. The molecule has 0 radical (unpaired) electrons. The van der Waals surface area contributed by atoms with Crippen LogP contribution in [0, 0.1) is 0 Å². The van der Waals surface area contributed by atoms with E-state index in [1.54, 1.807) is 0 Å². The van der Waals surface area contributed by atoms with Gasteiger partial charge in [-0.2, -0.15) is 0 Å². The van der Waals surface area contributed by atoms with Gasteiger partial charge in [-0.05, 0) is 32.6 Å². The molecule has 1 spiro atoms. The molecule has 1 saturated heterocycles. The number of hydrogen-bond donors (Lipinski definition) is 0. The van der Waals surface area contributed by atoms with Crippen LogP contribution in [0.25, 0.3) is 0 Å². The maximum absolute atomic E-state index is 6.25. The Morgan fingerprint density at radius 2 is 1.92 bits per heavy atom. The minimum absolute atomic E-state index is 0.169. The van der Waals surface area contributed by atoms with E-state index in [1.807, 2.05) is 0 Å². The molecule has 2 aliphatic rings. The number of ether oxygens (including phenoxy) is 1. The van der Waals surface area contributed by atoms with Crippen molar-refractivity contribution >= 4 is 11.6 Å². The zero-order valence-corrected chi connectivity index (χ0v) is 9.15. The van der Waals surface area contributed by atoms with Gasteiger partial charge in [0, 0.05) is 5.38 Å². The predicted molar refractivity (Wildman–Crippen MR) is 55.2 cm³/mol. The Bertz CT molecular complexity index is 163. The number of alkyl halides is 1. The summed E-state index contributed by atoms with van der Waals surface area (Å²) in [6.07, 6.45) is 9.00. The van der Waals surface area contributed by atoms with Crippen molar-refractivity contribution in [2.24, 2.45) is 0 Å². The van der Waals surface area contributed by atoms with E-state index in [4.69, 9.17) is 16.3 Å². The van der Waals surface area contributed by atoms with Crippen molar-refractivity contribution in [1.82, 2.24) is 0 Å². The van der Waals surface area contributed by atoms with Gasteiger partial charge < -0.3 is 4.74 Å². The summed E-state index contributed by atoms with van der Waals surface area (Å²) in [4.78, 5) is 0. The highest BCUT2D eigenvalue weighted by Crippen LogP contribution is 2.41. The lowest BCUT2D eigenvalue weighted by molar-refractivity contribution is -0.137. The fourth-order valence-electron chi connectivity index (χ4n) is 2.89. The molecular weight excluding hydrogens is 184 g/mol. The van der Waals surface area contributed by atoms with E-state index >= 15 is 0 Å². The highest BCUT2D eigenvalue weighted by Gasteiger charge is 2.40. The summed E-state index contributed by atoms with van der Waals surface area (Å²) in [6.45, 7) is 2.16. The monoisotopic (exact) mass is 202 g/mol. The van der Waals surface area contributed by atoms with Crippen LogP contribution >= 0.6 is 11.6 Å². The van der Waals surface area contributed by atoms with Gasteiger partial charge in [0.05, 0.1) is 11.7 Å². The summed E-state index contributed by atoms with van der Waals surface area (Å²) in [7, 11) is 0. The third-order valence-corrected chi connectivity index (χ3v) is 3.73. The Morgan fingerprint density at radius 1 is 1.23 bits per heavy atom. The van der Waals surface area contributed by atoms with Crippen molar-refractivity contribution in [2.45, 2.75) is 69.0 Å². The Kier molecular flexibility index (Phi) is 2.85. The lowest BCUT2D eigenvalue weighted by atomic mass is 9.79. The lowest BCUT2D eigenvalue weighted by Crippen LogP contribution is -2.45. The van der Waals surface area contributed by atoms with Gasteiger partial charge in [-0.3, -0.25) is 0 Å². The molecule has 2 atom stereocenters. The van der Waals surface area contributed by atoms with Crippen molar-refractivity contribution in [3.63, 3.8) is 0 Å². The molecule has 1 aliphatic carbocycles. The molecule has 0 unspecified atom stereocenters. The van der Waals surface area contributed by atoms with E-state index in [0.717, 1.165) is 12.8 Å². The van der Waals surface area contributed by atoms with Crippen LogP contribution in [0.4, 0.5) is 0 Å². The third-order valence-electron chi connectivity index (χ3n) is 3.40. The van der Waals surface area contributed by atoms with Gasteiger partial charge >= 0.3 is 0 Å². The van der Waals surface area contributed by atoms with Crippen molar-refractivity contribution in [2.75, 3.05) is 0 Å². The van der Waals surface area contributed by atoms with Crippen LogP contribution in [0.3, 0.4) is 0 Å². The highest BCUT2D eigenvalue weighted by molar-refractivity contribution is 6.20. The van der Waals surface area contributed by atoms with Crippen LogP contribution < -0.4 is 0 Å². The minimum Gasteiger partial charge on any atom is -0.372 e. The molecule has 0 aromatic rings. The number of rotatable bonds is 0. The maximum atomic E-state index is 6.25. The van der Waals surface area contributed by atoms with Gasteiger partial charge in [-0.1, -0.05) is 19.3 Å². The molecule has 0 aromatic heterocycles. The molecule has 0 aromatic carbocycles. The molecule has 76 valence electrons. The minimum atomic E-state index is 0.169. The average molecular weight is 203 g/mol. The quantitative estimate of drug-likeness (QED) is 0.547. The molecule has 2 fully saturated rings. The van der Waals surface area contributed by atoms with E-state index < -0.39 is 0 Å². The largest absolute Gasteiger partial charge is 0.372 e. The first-order valence-electron chi connectivity index (χ1n) is 5.52. The topological polar surface area (TPSA) is 9.23 Å². The summed E-state index contributed by atoms with van der Waals surface area (Å²) in [6, 6.07) is 0. The highest BCUT2D eigenvalue weighted by atomic mass is 35.5. The Morgan fingerprint density at radius 3 is 2.54 bits per heavy atom. The number of hydrogen-bond acceptors (Lipinski definition) is 1. The van der Waals surface area contributed by atoms with E-state index in [2.05, 4.69) is 6.92 Å². The zero-order chi connectivity index (χ0) is 9.31. The van der Waals surface area contributed by atoms with Crippen LogP contribution in [0.15, 0.2) is 0 Å². The molecule has 1 saturated carbocycles. The first-order valence-corrected chi connectivity index (χ1v) is 5.96. The normalized spacial score (nSPS) is 39.2. The van der Waals surface area contributed by atoms with E-state index in [-0.39, 0.29) is 5.60 Å². The van der Waals surface area contributed by atoms with Gasteiger partial charge in [0.15, 0.2) is 0 Å². The van der Waals surface area contributed by atoms with Crippen molar-refractivity contribution in [1.29, 1.82) is 0 Å². The molecule has 13 heavy (non-hydrogen) atoms. The smallest absolute Gasteiger partial charge is 0.0700 e. The van der Waals surface area contributed by atoms with Crippen molar-refractivity contribution < 1.29 is 4.74 Å². The first-order chi connectivity index (χ1) is 6.20. The van der Waals surface area contributed by atoms with Crippen LogP contribution in [-0.4, -0.2) is 17.1 Å². The van der Waals surface area contributed by atoms with Crippen LogP contribution in [0.5, 0.6) is 0 Å². The van der Waals surface area contributed by atoms with E-state index in [0.29, 0.717) is 11.5 Å². The molecule has 1 heterocycles. The molecule has 1 nitrogen and oxygen atoms in total. The number of halogens is 1. The van der Waals surface area contributed by atoms with Crippen LogP contribution in [-0.2, 0) is 4.74 Å². The Balaban J connectivity index is 2.02. The van der Waals surface area contributed by atoms with Gasteiger partial charge in [0.1, 0.15) is 0 Å². The first kappa shape index (κ1) is 9.79. The fraction of sp³-hybridized carbons (Fsp3) is 1.00. The molecule has 2 rings (SSSR count). The second kappa shape index (κ2) is 3.78. The van der Waals surface area contributed by atoms with Crippen molar-refractivity contribution in [3.05, 3.63) is 0 Å². The SMILES string of the molecule is C[C@@H]1C[C@H](Cl)CC2(CCCCC2)O1. The van der Waals surface area contributed by atoms with E-state index in [1.165, 1.54) is 32.1 Å². The van der Waals surface area contributed by atoms with Gasteiger partial charge in [-0.25, -0.2) is 0 Å².